The second kappa shape index (κ2) is 7.02. The molecule has 3 heterocycles. The fraction of sp³-hybridized carbons (Fsp3) is 0.667. The molecule has 1 aromatic heterocycles. The Morgan fingerprint density at radius 3 is 2.62 bits per heavy atom. The number of hydrogen-bond acceptors (Lipinski definition) is 5. The van der Waals surface area contributed by atoms with E-state index in [1.54, 1.807) is 0 Å². The van der Waals surface area contributed by atoms with Crippen LogP contribution in [0.5, 0.6) is 0 Å². The zero-order chi connectivity index (χ0) is 18.3. The minimum Gasteiger partial charge on any atom is -0.480 e. The smallest absolute Gasteiger partial charge is 0.326 e. The number of carboxylic acid groups (broad SMARTS) is 1. The third kappa shape index (κ3) is 3.02. The lowest BCUT2D eigenvalue weighted by Gasteiger charge is -2.33. The van der Waals surface area contributed by atoms with E-state index in [9.17, 15) is 14.7 Å². The molecule has 0 aromatic carbocycles. The summed E-state index contributed by atoms with van der Waals surface area (Å²) in [6.45, 7) is 1.73. The number of hydrogen-bond donors (Lipinski definition) is 1. The van der Waals surface area contributed by atoms with Gasteiger partial charge in [-0.15, -0.1) is 0 Å². The van der Waals surface area contributed by atoms with Crippen LogP contribution in [0, 0.1) is 5.92 Å². The van der Waals surface area contributed by atoms with Crippen LogP contribution in [-0.2, 0) is 4.79 Å². The van der Waals surface area contributed by atoms with Gasteiger partial charge in [0, 0.05) is 19.1 Å². The first-order chi connectivity index (χ1) is 12.6. The molecule has 7 nitrogen and oxygen atoms in total. The van der Waals surface area contributed by atoms with Gasteiger partial charge in [-0.2, -0.15) is 0 Å². The molecule has 0 spiro atoms. The molecule has 140 valence electrons. The monoisotopic (exact) mass is 378 g/mol. The van der Waals surface area contributed by atoms with Crippen molar-refractivity contribution in [3.8, 4) is 0 Å². The van der Waals surface area contributed by atoms with Crippen molar-refractivity contribution in [3.63, 3.8) is 0 Å². The zero-order valence-electron chi connectivity index (χ0n) is 14.6. The highest BCUT2D eigenvalue weighted by atomic mass is 35.5. The van der Waals surface area contributed by atoms with Crippen LogP contribution in [-0.4, -0.2) is 57.0 Å². The van der Waals surface area contributed by atoms with Gasteiger partial charge in [-0.25, -0.2) is 14.8 Å². The average Bonchev–Trinajstić information content (AvgIpc) is 3.29. The number of anilines is 1. The highest BCUT2D eigenvalue weighted by Gasteiger charge is 2.48. The van der Waals surface area contributed by atoms with E-state index in [2.05, 4.69) is 9.97 Å². The molecule has 1 aliphatic carbocycles. The molecule has 1 aromatic rings. The van der Waals surface area contributed by atoms with Crippen LogP contribution in [0.4, 0.5) is 5.95 Å². The number of aromatic nitrogens is 2. The third-order valence-corrected chi connectivity index (χ3v) is 6.21. The van der Waals surface area contributed by atoms with E-state index < -0.39 is 12.0 Å². The molecule has 0 radical (unpaired) electrons. The summed E-state index contributed by atoms with van der Waals surface area (Å²) in [4.78, 5) is 37.3. The number of aliphatic carboxylic acids is 1. The summed E-state index contributed by atoms with van der Waals surface area (Å²) >= 11 is 6.24. The van der Waals surface area contributed by atoms with Crippen molar-refractivity contribution >= 4 is 29.4 Å². The molecule has 1 amide bonds. The number of carbonyl (C=O) groups excluding carboxylic acids is 1. The topological polar surface area (TPSA) is 86.6 Å². The molecular weight excluding hydrogens is 356 g/mol. The molecule has 0 unspecified atom stereocenters. The summed E-state index contributed by atoms with van der Waals surface area (Å²) < 4.78 is 0. The Morgan fingerprint density at radius 2 is 1.88 bits per heavy atom. The molecule has 2 aliphatic heterocycles. The highest BCUT2D eigenvalue weighted by molar-refractivity contribution is 6.33. The van der Waals surface area contributed by atoms with Crippen molar-refractivity contribution < 1.29 is 14.7 Å². The number of amides is 1. The van der Waals surface area contributed by atoms with Gasteiger partial charge in [0.25, 0.3) is 5.91 Å². The quantitative estimate of drug-likeness (QED) is 0.869. The van der Waals surface area contributed by atoms with E-state index in [-0.39, 0.29) is 28.6 Å². The van der Waals surface area contributed by atoms with Crippen molar-refractivity contribution in [3.05, 3.63) is 16.9 Å². The summed E-state index contributed by atoms with van der Waals surface area (Å²) in [5.41, 5.74) is 0.126. The minimum absolute atomic E-state index is 0.0291. The lowest BCUT2D eigenvalue weighted by molar-refractivity contribution is -0.141. The first-order valence-corrected chi connectivity index (χ1v) is 9.77. The lowest BCUT2D eigenvalue weighted by atomic mass is 9.84. The summed E-state index contributed by atoms with van der Waals surface area (Å²) in [6, 6.07) is -0.824. The number of carbonyl (C=O) groups is 2. The minimum atomic E-state index is -0.947. The van der Waals surface area contributed by atoms with E-state index in [0.29, 0.717) is 12.4 Å². The number of likely N-dealkylation sites (tertiary alicyclic amines) is 1. The van der Waals surface area contributed by atoms with E-state index >= 15 is 0 Å². The molecule has 4 rings (SSSR count). The van der Waals surface area contributed by atoms with Crippen LogP contribution in [0.1, 0.15) is 55.4 Å². The predicted molar refractivity (Wildman–Crippen MR) is 96.4 cm³/mol. The fourth-order valence-corrected chi connectivity index (χ4v) is 4.84. The van der Waals surface area contributed by atoms with Crippen LogP contribution >= 0.6 is 11.6 Å². The van der Waals surface area contributed by atoms with E-state index in [1.807, 2.05) is 4.90 Å². The zero-order valence-corrected chi connectivity index (χ0v) is 15.4. The van der Waals surface area contributed by atoms with Crippen molar-refractivity contribution in [1.82, 2.24) is 14.9 Å². The third-order valence-electron chi connectivity index (χ3n) is 5.93. The van der Waals surface area contributed by atoms with Gasteiger partial charge >= 0.3 is 5.97 Å². The predicted octanol–water partition coefficient (Wildman–Crippen LogP) is 2.59. The summed E-state index contributed by atoms with van der Waals surface area (Å²) in [7, 11) is 0. The number of halogens is 1. The maximum Gasteiger partial charge on any atom is 0.326 e. The largest absolute Gasteiger partial charge is 0.480 e. The first kappa shape index (κ1) is 17.5. The van der Waals surface area contributed by atoms with Crippen molar-refractivity contribution in [2.24, 2.45) is 5.92 Å². The second-order valence-electron chi connectivity index (χ2n) is 7.47. The molecule has 3 atom stereocenters. The van der Waals surface area contributed by atoms with E-state index in [1.165, 1.54) is 11.1 Å². The molecular formula is C18H23ClN4O3. The Bertz CT molecular complexity index is 722. The molecule has 3 fully saturated rings. The maximum absolute atomic E-state index is 13.3. The normalized spacial score (nSPS) is 28.3. The van der Waals surface area contributed by atoms with Crippen LogP contribution in [0.2, 0.25) is 5.02 Å². The molecule has 1 N–H and O–H groups in total. The Morgan fingerprint density at radius 1 is 1.15 bits per heavy atom. The molecule has 1 saturated carbocycles. The Balaban J connectivity index is 1.66. The maximum atomic E-state index is 13.3. The average molecular weight is 379 g/mol. The molecule has 3 aliphatic rings. The second-order valence-corrected chi connectivity index (χ2v) is 7.88. The van der Waals surface area contributed by atoms with E-state index in [4.69, 9.17) is 11.6 Å². The molecule has 8 heteroatoms. The van der Waals surface area contributed by atoms with Crippen molar-refractivity contribution in [2.45, 2.75) is 57.0 Å². The van der Waals surface area contributed by atoms with Crippen molar-refractivity contribution in [1.29, 1.82) is 0 Å². The van der Waals surface area contributed by atoms with Gasteiger partial charge in [-0.1, -0.05) is 24.4 Å². The summed E-state index contributed by atoms with van der Waals surface area (Å²) in [5, 5.41) is 9.84. The van der Waals surface area contributed by atoms with Gasteiger partial charge in [0.1, 0.15) is 6.04 Å². The lowest BCUT2D eigenvalue weighted by Crippen LogP contribution is -2.46. The fourth-order valence-electron chi connectivity index (χ4n) is 4.67. The van der Waals surface area contributed by atoms with Gasteiger partial charge in [0.05, 0.1) is 11.2 Å². The van der Waals surface area contributed by atoms with Crippen LogP contribution < -0.4 is 4.90 Å². The molecule has 0 bridgehead atoms. The van der Waals surface area contributed by atoms with Crippen LogP contribution in [0.15, 0.2) is 6.20 Å². The Hall–Kier alpha value is -1.89. The SMILES string of the molecule is O=C(O)[C@@H]1C[C@H]2CCCC[C@@H]2N1C(=O)c1nc(N2CCCC2)ncc1Cl. The van der Waals surface area contributed by atoms with Gasteiger partial charge in [0.2, 0.25) is 5.95 Å². The van der Waals surface area contributed by atoms with E-state index in [0.717, 1.165) is 51.6 Å². The summed E-state index contributed by atoms with van der Waals surface area (Å²) in [5.74, 6) is -0.564. The van der Waals surface area contributed by atoms with Gasteiger partial charge < -0.3 is 14.9 Å². The van der Waals surface area contributed by atoms with Crippen LogP contribution in [0.3, 0.4) is 0 Å². The number of nitrogens with zero attached hydrogens (tertiary/aromatic N) is 4. The number of rotatable bonds is 3. The van der Waals surface area contributed by atoms with Crippen molar-refractivity contribution in [2.75, 3.05) is 18.0 Å². The summed E-state index contributed by atoms with van der Waals surface area (Å²) in [6.07, 6.45) is 8.08. The molecule has 2 saturated heterocycles. The highest BCUT2D eigenvalue weighted by Crippen LogP contribution is 2.41. The number of fused-ring (bicyclic) bond motifs is 1. The number of carboxylic acids is 1. The van der Waals surface area contributed by atoms with Gasteiger partial charge in [0.15, 0.2) is 5.69 Å². The van der Waals surface area contributed by atoms with Gasteiger partial charge in [-0.05, 0) is 38.0 Å². The first-order valence-electron chi connectivity index (χ1n) is 9.39. The van der Waals surface area contributed by atoms with Crippen LogP contribution in [0.25, 0.3) is 0 Å². The Kier molecular flexibility index (Phi) is 4.73. The standard InChI is InChI=1S/C18H23ClN4O3/c19-12-10-20-18(22-7-3-4-8-22)21-15(12)16(24)23-13-6-2-1-5-11(13)9-14(23)17(25)26/h10-11,13-14H,1-9H2,(H,25,26)/t11-,13+,14+/m1/s1. The Labute approximate surface area is 157 Å². The van der Waals surface area contributed by atoms with Gasteiger partial charge in [-0.3, -0.25) is 4.79 Å². The molecule has 26 heavy (non-hydrogen) atoms.